The van der Waals surface area contributed by atoms with Gasteiger partial charge in [0.15, 0.2) is 11.5 Å². The zero-order valence-electron chi connectivity index (χ0n) is 12.8. The summed E-state index contributed by atoms with van der Waals surface area (Å²) in [5.41, 5.74) is 1.10. The fourth-order valence-electron chi connectivity index (χ4n) is 2.57. The van der Waals surface area contributed by atoms with Crippen LogP contribution < -0.4 is 20.1 Å². The first-order valence-corrected chi connectivity index (χ1v) is 7.07. The number of hydrogen-bond acceptors (Lipinski definition) is 5. The zero-order valence-corrected chi connectivity index (χ0v) is 12.8. The van der Waals surface area contributed by atoms with Crippen LogP contribution in [0.25, 0.3) is 0 Å². The zero-order chi connectivity index (χ0) is 15.2. The van der Waals surface area contributed by atoms with E-state index >= 15 is 0 Å². The van der Waals surface area contributed by atoms with E-state index in [2.05, 4.69) is 15.5 Å². The minimum atomic E-state index is -0.142. The second kappa shape index (κ2) is 7.28. The van der Waals surface area contributed by atoms with E-state index in [1.807, 2.05) is 18.2 Å². The summed E-state index contributed by atoms with van der Waals surface area (Å²) in [6.45, 7) is 3.11. The summed E-state index contributed by atoms with van der Waals surface area (Å²) in [4.78, 5) is 14.1. The fraction of sp³-hybridized carbons (Fsp3) is 0.533. The lowest BCUT2D eigenvalue weighted by molar-refractivity contribution is -0.126. The molecule has 2 rings (SSSR count). The van der Waals surface area contributed by atoms with E-state index in [0.717, 1.165) is 18.7 Å². The highest BCUT2D eigenvalue weighted by molar-refractivity contribution is 5.81. The number of hydrogen-bond donors (Lipinski definition) is 2. The molecule has 1 amide bonds. The Morgan fingerprint density at radius 1 is 1.38 bits per heavy atom. The van der Waals surface area contributed by atoms with Crippen LogP contribution in [-0.4, -0.2) is 57.8 Å². The Bertz CT molecular complexity index is 493. The number of carbonyl (C=O) groups is 1. The quantitative estimate of drug-likeness (QED) is 0.813. The van der Waals surface area contributed by atoms with Crippen molar-refractivity contribution in [2.75, 3.05) is 40.9 Å². The van der Waals surface area contributed by atoms with Crippen molar-refractivity contribution in [1.82, 2.24) is 15.5 Å². The van der Waals surface area contributed by atoms with Gasteiger partial charge in [0, 0.05) is 33.2 Å². The molecule has 0 radical (unpaired) electrons. The van der Waals surface area contributed by atoms with Gasteiger partial charge in [-0.2, -0.15) is 0 Å². The summed E-state index contributed by atoms with van der Waals surface area (Å²) < 4.78 is 10.6. The Morgan fingerprint density at radius 3 is 2.81 bits per heavy atom. The molecule has 1 aromatic rings. The van der Waals surface area contributed by atoms with Crippen molar-refractivity contribution >= 4 is 5.91 Å². The van der Waals surface area contributed by atoms with E-state index < -0.39 is 0 Å². The van der Waals surface area contributed by atoms with E-state index in [1.165, 1.54) is 0 Å². The average Bonchev–Trinajstić information content (AvgIpc) is 2.54. The van der Waals surface area contributed by atoms with Crippen molar-refractivity contribution in [2.45, 2.75) is 12.6 Å². The molecular formula is C15H23N3O3. The summed E-state index contributed by atoms with van der Waals surface area (Å²) in [5, 5.41) is 5.99. The number of amides is 1. The molecule has 2 N–H and O–H groups in total. The van der Waals surface area contributed by atoms with E-state index in [1.54, 1.807) is 21.3 Å². The van der Waals surface area contributed by atoms with E-state index in [4.69, 9.17) is 9.47 Å². The second-order valence-electron chi connectivity index (χ2n) is 4.99. The van der Waals surface area contributed by atoms with E-state index in [9.17, 15) is 4.79 Å². The third-order valence-corrected chi connectivity index (χ3v) is 3.74. The number of ether oxygens (including phenoxy) is 2. The Morgan fingerprint density at radius 2 is 2.14 bits per heavy atom. The molecule has 1 fully saturated rings. The standard InChI is InChI=1S/C15H23N3O3/c1-16-15(19)12-9-17-6-7-18(12)10-11-4-5-13(20-2)14(8-11)21-3/h4-5,8,12,17H,6-7,9-10H2,1-3H3,(H,16,19). The van der Waals surface area contributed by atoms with Gasteiger partial charge in [0.1, 0.15) is 6.04 Å². The molecule has 21 heavy (non-hydrogen) atoms. The summed E-state index contributed by atoms with van der Waals surface area (Å²) in [5.74, 6) is 1.47. The number of piperazine rings is 1. The van der Waals surface area contributed by atoms with Crippen molar-refractivity contribution in [3.63, 3.8) is 0 Å². The van der Waals surface area contributed by atoms with Crippen LogP contribution in [0.4, 0.5) is 0 Å². The molecule has 0 aliphatic carbocycles. The maximum atomic E-state index is 12.0. The Kier molecular flexibility index (Phi) is 5.41. The second-order valence-corrected chi connectivity index (χ2v) is 4.99. The maximum Gasteiger partial charge on any atom is 0.238 e. The molecule has 1 unspecified atom stereocenters. The summed E-state index contributed by atoms with van der Waals surface area (Å²) in [6.07, 6.45) is 0. The van der Waals surface area contributed by atoms with Gasteiger partial charge in [-0.3, -0.25) is 9.69 Å². The van der Waals surface area contributed by atoms with Crippen molar-refractivity contribution in [1.29, 1.82) is 0 Å². The van der Waals surface area contributed by atoms with Gasteiger partial charge in [0.25, 0.3) is 0 Å². The molecule has 1 aliphatic rings. The van der Waals surface area contributed by atoms with Gasteiger partial charge >= 0.3 is 0 Å². The molecule has 1 aromatic carbocycles. The Hall–Kier alpha value is -1.79. The maximum absolute atomic E-state index is 12.0. The summed E-state index contributed by atoms with van der Waals surface area (Å²) in [7, 11) is 4.92. The molecule has 1 heterocycles. The van der Waals surface area contributed by atoms with Crippen molar-refractivity contribution in [2.24, 2.45) is 0 Å². The number of rotatable bonds is 5. The first kappa shape index (κ1) is 15.6. The number of carbonyl (C=O) groups excluding carboxylic acids is 1. The predicted octanol–water partition coefficient (Wildman–Crippen LogP) is 0.224. The highest BCUT2D eigenvalue weighted by atomic mass is 16.5. The monoisotopic (exact) mass is 293 g/mol. The highest BCUT2D eigenvalue weighted by Gasteiger charge is 2.27. The number of methoxy groups -OCH3 is 2. The number of nitrogens with one attached hydrogen (secondary N) is 2. The number of nitrogens with zero attached hydrogens (tertiary/aromatic N) is 1. The first-order valence-electron chi connectivity index (χ1n) is 7.07. The SMILES string of the molecule is CNC(=O)C1CNCCN1Cc1ccc(OC)c(OC)c1. The topological polar surface area (TPSA) is 62.8 Å². The van der Waals surface area contributed by atoms with Crippen molar-refractivity contribution < 1.29 is 14.3 Å². The van der Waals surface area contributed by atoms with Crippen LogP contribution in [0.15, 0.2) is 18.2 Å². The van der Waals surface area contributed by atoms with Gasteiger partial charge in [-0.15, -0.1) is 0 Å². The van der Waals surface area contributed by atoms with Crippen LogP contribution in [0, 0.1) is 0 Å². The normalized spacial score (nSPS) is 19.1. The number of benzene rings is 1. The smallest absolute Gasteiger partial charge is 0.238 e. The minimum Gasteiger partial charge on any atom is -0.493 e. The Labute approximate surface area is 125 Å². The summed E-state index contributed by atoms with van der Waals surface area (Å²) >= 11 is 0. The highest BCUT2D eigenvalue weighted by Crippen LogP contribution is 2.28. The lowest BCUT2D eigenvalue weighted by Crippen LogP contribution is -2.56. The van der Waals surface area contributed by atoms with Crippen LogP contribution in [0.3, 0.4) is 0 Å². The molecule has 6 heteroatoms. The molecule has 0 bridgehead atoms. The van der Waals surface area contributed by atoms with Gasteiger partial charge in [-0.25, -0.2) is 0 Å². The lowest BCUT2D eigenvalue weighted by Gasteiger charge is -2.34. The first-order chi connectivity index (χ1) is 10.2. The molecule has 116 valence electrons. The molecule has 1 aliphatic heterocycles. The van der Waals surface area contributed by atoms with Crippen molar-refractivity contribution in [3.8, 4) is 11.5 Å². The molecule has 1 saturated heterocycles. The number of likely N-dealkylation sites (N-methyl/N-ethyl adjacent to an activating group) is 1. The third-order valence-electron chi connectivity index (χ3n) is 3.74. The molecule has 6 nitrogen and oxygen atoms in total. The van der Waals surface area contributed by atoms with Crippen LogP contribution in [0.1, 0.15) is 5.56 Å². The molecule has 1 atom stereocenters. The fourth-order valence-corrected chi connectivity index (χ4v) is 2.57. The molecule has 0 saturated carbocycles. The van der Waals surface area contributed by atoms with Crippen LogP contribution >= 0.6 is 0 Å². The van der Waals surface area contributed by atoms with Crippen LogP contribution in [0.2, 0.25) is 0 Å². The van der Waals surface area contributed by atoms with Crippen LogP contribution in [0.5, 0.6) is 11.5 Å². The van der Waals surface area contributed by atoms with E-state index in [0.29, 0.717) is 24.6 Å². The van der Waals surface area contributed by atoms with Crippen LogP contribution in [-0.2, 0) is 11.3 Å². The van der Waals surface area contributed by atoms with Gasteiger partial charge < -0.3 is 20.1 Å². The largest absolute Gasteiger partial charge is 0.493 e. The third kappa shape index (κ3) is 3.65. The van der Waals surface area contributed by atoms with E-state index in [-0.39, 0.29) is 11.9 Å². The van der Waals surface area contributed by atoms with Gasteiger partial charge in [0.05, 0.1) is 14.2 Å². The minimum absolute atomic E-state index is 0.0441. The van der Waals surface area contributed by atoms with Crippen molar-refractivity contribution in [3.05, 3.63) is 23.8 Å². The van der Waals surface area contributed by atoms with Gasteiger partial charge in [0.2, 0.25) is 5.91 Å². The van der Waals surface area contributed by atoms with Gasteiger partial charge in [-0.05, 0) is 17.7 Å². The predicted molar refractivity (Wildman–Crippen MR) is 80.7 cm³/mol. The van der Waals surface area contributed by atoms with Gasteiger partial charge in [-0.1, -0.05) is 6.07 Å². The molecule has 0 aromatic heterocycles. The average molecular weight is 293 g/mol. The lowest BCUT2D eigenvalue weighted by atomic mass is 10.1. The molecular weight excluding hydrogens is 270 g/mol. The molecule has 0 spiro atoms. The Balaban J connectivity index is 2.13. The summed E-state index contributed by atoms with van der Waals surface area (Å²) in [6, 6.07) is 5.72.